The SMILES string of the molecule is Cc1nccn1Cc1nnc(C2CCN(Cc3cccc(O)c3)CC2)n1C. The number of aryl methyl sites for hydroxylation is 1. The Morgan fingerprint density at radius 2 is 1.96 bits per heavy atom. The van der Waals surface area contributed by atoms with Crippen LogP contribution in [0.3, 0.4) is 0 Å². The van der Waals surface area contributed by atoms with Gasteiger partial charge in [-0.25, -0.2) is 4.98 Å². The van der Waals surface area contributed by atoms with E-state index in [9.17, 15) is 5.11 Å². The van der Waals surface area contributed by atoms with Crippen molar-refractivity contribution in [1.29, 1.82) is 0 Å². The van der Waals surface area contributed by atoms with E-state index in [1.54, 1.807) is 6.07 Å². The Hall–Kier alpha value is -2.67. The van der Waals surface area contributed by atoms with Crippen molar-refractivity contribution in [3.05, 3.63) is 59.7 Å². The van der Waals surface area contributed by atoms with Crippen LogP contribution in [0.15, 0.2) is 36.7 Å². The Balaban J connectivity index is 1.38. The number of aromatic nitrogens is 5. The highest BCUT2D eigenvalue weighted by Crippen LogP contribution is 2.28. The maximum absolute atomic E-state index is 9.63. The quantitative estimate of drug-likeness (QED) is 0.751. The molecule has 1 aliphatic heterocycles. The molecule has 1 N–H and O–H groups in total. The largest absolute Gasteiger partial charge is 0.508 e. The van der Waals surface area contributed by atoms with Crippen molar-refractivity contribution in [2.75, 3.05) is 13.1 Å². The first-order valence-corrected chi connectivity index (χ1v) is 9.46. The van der Waals surface area contributed by atoms with Crippen molar-refractivity contribution in [1.82, 2.24) is 29.2 Å². The molecule has 3 heterocycles. The number of benzene rings is 1. The lowest BCUT2D eigenvalue weighted by Crippen LogP contribution is -2.33. The predicted octanol–water partition coefficient (Wildman–Crippen LogP) is 2.45. The molecule has 0 aliphatic carbocycles. The van der Waals surface area contributed by atoms with Crippen molar-refractivity contribution in [3.63, 3.8) is 0 Å². The molecule has 0 unspecified atom stereocenters. The fourth-order valence-electron chi connectivity index (χ4n) is 3.85. The van der Waals surface area contributed by atoms with Gasteiger partial charge in [-0.15, -0.1) is 10.2 Å². The second-order valence-electron chi connectivity index (χ2n) is 7.36. The standard InChI is InChI=1S/C20H26N6O/c1-15-21-8-11-26(15)14-19-22-23-20(24(19)2)17-6-9-25(10-7-17)13-16-4-3-5-18(27)12-16/h3-5,8,11-12,17,27H,6-7,9-10,13-14H2,1-2H3. The fraction of sp³-hybridized carbons (Fsp3) is 0.450. The molecular formula is C20H26N6O. The van der Waals surface area contributed by atoms with E-state index >= 15 is 0 Å². The summed E-state index contributed by atoms with van der Waals surface area (Å²) in [5, 5.41) is 18.6. The van der Waals surface area contributed by atoms with Gasteiger partial charge in [-0.3, -0.25) is 4.90 Å². The molecular weight excluding hydrogens is 340 g/mol. The van der Waals surface area contributed by atoms with Crippen molar-refractivity contribution < 1.29 is 5.11 Å². The molecule has 3 aromatic rings. The van der Waals surface area contributed by atoms with Gasteiger partial charge in [-0.2, -0.15) is 0 Å². The van der Waals surface area contributed by atoms with Crippen LogP contribution < -0.4 is 0 Å². The lowest BCUT2D eigenvalue weighted by molar-refractivity contribution is 0.200. The van der Waals surface area contributed by atoms with E-state index in [2.05, 4.69) is 42.3 Å². The summed E-state index contributed by atoms with van der Waals surface area (Å²) in [7, 11) is 2.07. The van der Waals surface area contributed by atoms with Crippen LogP contribution in [0.4, 0.5) is 0 Å². The third-order valence-electron chi connectivity index (χ3n) is 5.50. The Bertz CT molecular complexity index is 907. The van der Waals surface area contributed by atoms with Crippen LogP contribution in [0.2, 0.25) is 0 Å². The second kappa shape index (κ2) is 7.52. The molecule has 2 aromatic heterocycles. The highest BCUT2D eigenvalue weighted by molar-refractivity contribution is 5.27. The number of phenolic OH excluding ortho intramolecular Hbond substituents is 1. The zero-order chi connectivity index (χ0) is 18.8. The minimum atomic E-state index is 0.335. The second-order valence-corrected chi connectivity index (χ2v) is 7.36. The Kier molecular flexibility index (Phi) is 4.94. The first-order valence-electron chi connectivity index (χ1n) is 9.46. The minimum Gasteiger partial charge on any atom is -0.508 e. The molecule has 27 heavy (non-hydrogen) atoms. The Labute approximate surface area is 159 Å². The summed E-state index contributed by atoms with van der Waals surface area (Å²) >= 11 is 0. The van der Waals surface area contributed by atoms with Crippen molar-refractivity contribution in [2.45, 2.75) is 38.8 Å². The van der Waals surface area contributed by atoms with Crippen LogP contribution in [-0.2, 0) is 20.1 Å². The number of rotatable bonds is 5. The average Bonchev–Trinajstić information content (AvgIpc) is 3.22. The van der Waals surface area contributed by atoms with Gasteiger partial charge in [-0.1, -0.05) is 12.1 Å². The minimum absolute atomic E-state index is 0.335. The molecule has 7 heteroatoms. The van der Waals surface area contributed by atoms with Gasteiger partial charge in [0.15, 0.2) is 5.82 Å². The van der Waals surface area contributed by atoms with Gasteiger partial charge < -0.3 is 14.2 Å². The van der Waals surface area contributed by atoms with Crippen LogP contribution in [0.25, 0.3) is 0 Å². The zero-order valence-electron chi connectivity index (χ0n) is 15.9. The van der Waals surface area contributed by atoms with Crippen LogP contribution in [-0.4, -0.2) is 47.4 Å². The lowest BCUT2D eigenvalue weighted by atomic mass is 9.95. The summed E-state index contributed by atoms with van der Waals surface area (Å²) in [4.78, 5) is 6.71. The number of hydrogen-bond acceptors (Lipinski definition) is 5. The van der Waals surface area contributed by atoms with Gasteiger partial charge in [-0.05, 0) is 50.6 Å². The van der Waals surface area contributed by atoms with E-state index in [0.717, 1.165) is 55.5 Å². The summed E-state index contributed by atoms with van der Waals surface area (Å²) in [5.74, 6) is 3.82. The lowest BCUT2D eigenvalue weighted by Gasteiger charge is -2.31. The maximum Gasteiger partial charge on any atom is 0.152 e. The smallest absolute Gasteiger partial charge is 0.152 e. The van der Waals surface area contributed by atoms with Gasteiger partial charge in [0.05, 0.1) is 6.54 Å². The highest BCUT2D eigenvalue weighted by atomic mass is 16.3. The highest BCUT2D eigenvalue weighted by Gasteiger charge is 2.25. The molecule has 0 amide bonds. The van der Waals surface area contributed by atoms with Gasteiger partial charge in [0, 0.05) is 31.9 Å². The van der Waals surface area contributed by atoms with Crippen molar-refractivity contribution >= 4 is 0 Å². The molecule has 7 nitrogen and oxygen atoms in total. The van der Waals surface area contributed by atoms with E-state index in [-0.39, 0.29) is 0 Å². The van der Waals surface area contributed by atoms with E-state index in [1.807, 2.05) is 31.5 Å². The number of hydrogen-bond donors (Lipinski definition) is 1. The number of likely N-dealkylation sites (tertiary alicyclic amines) is 1. The van der Waals surface area contributed by atoms with Gasteiger partial charge in [0.25, 0.3) is 0 Å². The summed E-state index contributed by atoms with van der Waals surface area (Å²) < 4.78 is 4.24. The van der Waals surface area contributed by atoms with E-state index < -0.39 is 0 Å². The molecule has 0 bridgehead atoms. The Morgan fingerprint density at radius 3 is 2.67 bits per heavy atom. The fourth-order valence-corrected chi connectivity index (χ4v) is 3.85. The molecule has 0 atom stereocenters. The molecule has 1 saturated heterocycles. The molecule has 1 fully saturated rings. The summed E-state index contributed by atoms with van der Waals surface area (Å²) in [5.41, 5.74) is 1.16. The maximum atomic E-state index is 9.63. The molecule has 0 radical (unpaired) electrons. The third kappa shape index (κ3) is 3.88. The number of aromatic hydroxyl groups is 1. The van der Waals surface area contributed by atoms with Crippen LogP contribution >= 0.6 is 0 Å². The monoisotopic (exact) mass is 366 g/mol. The normalized spacial score (nSPS) is 16.1. The number of piperidine rings is 1. The predicted molar refractivity (Wildman–Crippen MR) is 102 cm³/mol. The van der Waals surface area contributed by atoms with E-state index in [1.165, 1.54) is 0 Å². The first-order chi connectivity index (χ1) is 13.1. The van der Waals surface area contributed by atoms with Crippen LogP contribution in [0.5, 0.6) is 5.75 Å². The summed E-state index contributed by atoms with van der Waals surface area (Å²) in [6, 6.07) is 7.53. The number of imidazole rings is 1. The van der Waals surface area contributed by atoms with Gasteiger partial charge in [0.1, 0.15) is 17.4 Å². The van der Waals surface area contributed by atoms with Crippen molar-refractivity contribution in [2.24, 2.45) is 7.05 Å². The number of nitrogens with zero attached hydrogens (tertiary/aromatic N) is 6. The van der Waals surface area contributed by atoms with Gasteiger partial charge >= 0.3 is 0 Å². The van der Waals surface area contributed by atoms with Gasteiger partial charge in [0.2, 0.25) is 0 Å². The van der Waals surface area contributed by atoms with Crippen LogP contribution in [0.1, 0.15) is 41.8 Å². The average molecular weight is 366 g/mol. The number of phenols is 1. The molecule has 1 aliphatic rings. The Morgan fingerprint density at radius 1 is 1.15 bits per heavy atom. The van der Waals surface area contributed by atoms with Crippen molar-refractivity contribution in [3.8, 4) is 5.75 Å². The molecule has 4 rings (SSSR count). The zero-order valence-corrected chi connectivity index (χ0v) is 15.9. The summed E-state index contributed by atoms with van der Waals surface area (Å²) in [6.07, 6.45) is 5.95. The van der Waals surface area contributed by atoms with Crippen LogP contribution in [0, 0.1) is 6.92 Å². The van der Waals surface area contributed by atoms with E-state index in [0.29, 0.717) is 18.2 Å². The molecule has 0 spiro atoms. The molecule has 0 saturated carbocycles. The molecule has 142 valence electrons. The third-order valence-corrected chi connectivity index (χ3v) is 5.50. The first kappa shape index (κ1) is 17.7. The summed E-state index contributed by atoms with van der Waals surface area (Å²) in [6.45, 7) is 5.64. The van der Waals surface area contributed by atoms with E-state index in [4.69, 9.17) is 0 Å². The topological polar surface area (TPSA) is 72.0 Å². The molecule has 1 aromatic carbocycles.